The standard InChI is InChI=1S/C15H30O5S.Na.H/c1-3-4-5-6-7-8-9-10-11-12-15(17)20-21(18,19)13-14(2)16;;/h14,16H,3-13H2,1-2H3;;/q;+1;-1. The Hall–Kier alpha value is 0.380. The molecule has 0 aliphatic carbocycles. The zero-order chi connectivity index (χ0) is 16.1. The Bertz CT molecular complexity index is 374. The fourth-order valence-corrected chi connectivity index (χ4v) is 3.12. The van der Waals surface area contributed by atoms with E-state index in [0.29, 0.717) is 6.42 Å². The summed E-state index contributed by atoms with van der Waals surface area (Å²) in [4.78, 5) is 11.4. The maximum Gasteiger partial charge on any atom is 1.00 e. The second-order valence-electron chi connectivity index (χ2n) is 5.61. The molecule has 0 rings (SSSR count). The first-order chi connectivity index (χ1) is 9.87. The summed E-state index contributed by atoms with van der Waals surface area (Å²) in [5.74, 6) is -1.27. The molecule has 0 aromatic heterocycles. The van der Waals surface area contributed by atoms with Crippen molar-refractivity contribution < 1.29 is 53.5 Å². The first kappa shape index (κ1) is 24.6. The van der Waals surface area contributed by atoms with Crippen LogP contribution < -0.4 is 29.6 Å². The van der Waals surface area contributed by atoms with E-state index in [-0.39, 0.29) is 37.4 Å². The summed E-state index contributed by atoms with van der Waals surface area (Å²) in [5, 5.41) is 8.98. The summed E-state index contributed by atoms with van der Waals surface area (Å²) < 4.78 is 27.0. The van der Waals surface area contributed by atoms with Crippen molar-refractivity contribution in [3.63, 3.8) is 0 Å². The van der Waals surface area contributed by atoms with Crippen molar-refractivity contribution in [1.29, 1.82) is 0 Å². The van der Waals surface area contributed by atoms with Crippen LogP contribution in [-0.2, 0) is 19.1 Å². The van der Waals surface area contributed by atoms with Gasteiger partial charge in [0.05, 0.1) is 6.10 Å². The third-order valence-corrected chi connectivity index (χ3v) is 4.48. The normalized spacial score (nSPS) is 12.5. The molecule has 128 valence electrons. The van der Waals surface area contributed by atoms with Gasteiger partial charge in [-0.25, -0.2) is 0 Å². The Morgan fingerprint density at radius 1 is 1.05 bits per heavy atom. The van der Waals surface area contributed by atoms with Crippen LogP contribution in [-0.4, -0.2) is 31.4 Å². The van der Waals surface area contributed by atoms with Gasteiger partial charge in [0.25, 0.3) is 0 Å². The number of aliphatic hydroxyl groups excluding tert-OH is 1. The minimum Gasteiger partial charge on any atom is -1.00 e. The topological polar surface area (TPSA) is 80.7 Å². The van der Waals surface area contributed by atoms with Crippen molar-refractivity contribution in [3.8, 4) is 0 Å². The largest absolute Gasteiger partial charge is 1.00 e. The average molecular weight is 346 g/mol. The van der Waals surface area contributed by atoms with Crippen LogP contribution in [0, 0.1) is 0 Å². The quantitative estimate of drug-likeness (QED) is 0.294. The second-order valence-corrected chi connectivity index (χ2v) is 7.22. The minimum atomic E-state index is -3.94. The predicted molar refractivity (Wildman–Crippen MR) is 84.5 cm³/mol. The molecule has 0 saturated heterocycles. The van der Waals surface area contributed by atoms with E-state index >= 15 is 0 Å². The zero-order valence-corrected chi connectivity index (χ0v) is 17.2. The second kappa shape index (κ2) is 14.9. The molecule has 1 N–H and O–H groups in total. The molecule has 0 saturated carbocycles. The Kier molecular flexibility index (Phi) is 16.7. The molecule has 0 aliphatic heterocycles. The van der Waals surface area contributed by atoms with Gasteiger partial charge in [-0.2, -0.15) is 8.42 Å². The van der Waals surface area contributed by atoms with Crippen LogP contribution in [0.4, 0.5) is 0 Å². The van der Waals surface area contributed by atoms with Crippen molar-refractivity contribution in [3.05, 3.63) is 0 Å². The molecule has 0 aromatic rings. The Morgan fingerprint density at radius 2 is 1.50 bits per heavy atom. The average Bonchev–Trinajstić information content (AvgIpc) is 2.34. The smallest absolute Gasteiger partial charge is 1.00 e. The van der Waals surface area contributed by atoms with Gasteiger partial charge in [0, 0.05) is 6.42 Å². The first-order valence-electron chi connectivity index (χ1n) is 8.00. The molecule has 5 nitrogen and oxygen atoms in total. The number of rotatable bonds is 13. The molecule has 0 bridgehead atoms. The molecular formula is C15H31NaO5S. The Labute approximate surface area is 159 Å². The van der Waals surface area contributed by atoms with Crippen LogP contribution in [0.15, 0.2) is 0 Å². The van der Waals surface area contributed by atoms with E-state index in [2.05, 4.69) is 11.1 Å². The van der Waals surface area contributed by atoms with Gasteiger partial charge in [-0.3, -0.25) is 4.79 Å². The maximum absolute atomic E-state index is 11.4. The summed E-state index contributed by atoms with van der Waals surface area (Å²) in [7, 11) is -3.94. The fourth-order valence-electron chi connectivity index (χ4n) is 2.09. The van der Waals surface area contributed by atoms with E-state index in [4.69, 9.17) is 5.11 Å². The molecular weight excluding hydrogens is 315 g/mol. The number of aliphatic hydroxyl groups is 1. The van der Waals surface area contributed by atoms with Crippen LogP contribution in [0.25, 0.3) is 0 Å². The SMILES string of the molecule is CCCCCCCCCCCC(=O)OS(=O)(=O)CC(C)O.[H-].[Na+]. The summed E-state index contributed by atoms with van der Waals surface area (Å²) in [6, 6.07) is 0. The van der Waals surface area contributed by atoms with Gasteiger partial charge in [0.1, 0.15) is 5.75 Å². The number of hydrogen-bond acceptors (Lipinski definition) is 5. The van der Waals surface area contributed by atoms with Crippen LogP contribution in [0.2, 0.25) is 0 Å². The first-order valence-corrected chi connectivity index (χ1v) is 9.58. The molecule has 0 aliphatic rings. The van der Waals surface area contributed by atoms with Gasteiger partial charge in [-0.15, -0.1) is 0 Å². The van der Waals surface area contributed by atoms with Gasteiger partial charge >= 0.3 is 45.6 Å². The van der Waals surface area contributed by atoms with Gasteiger partial charge in [0.15, 0.2) is 0 Å². The summed E-state index contributed by atoms with van der Waals surface area (Å²) in [6.45, 7) is 3.53. The minimum absolute atomic E-state index is 0. The Morgan fingerprint density at radius 3 is 1.95 bits per heavy atom. The molecule has 7 heteroatoms. The molecule has 0 heterocycles. The maximum atomic E-state index is 11.4. The molecule has 0 amide bonds. The molecule has 0 aromatic carbocycles. The van der Waals surface area contributed by atoms with Crippen molar-refractivity contribution in [2.24, 2.45) is 0 Å². The van der Waals surface area contributed by atoms with E-state index < -0.39 is 27.9 Å². The third-order valence-electron chi connectivity index (χ3n) is 3.15. The molecule has 22 heavy (non-hydrogen) atoms. The summed E-state index contributed by atoms with van der Waals surface area (Å²) in [5.41, 5.74) is 0. The van der Waals surface area contributed by atoms with Crippen molar-refractivity contribution in [2.75, 3.05) is 5.75 Å². The zero-order valence-electron chi connectivity index (χ0n) is 15.3. The van der Waals surface area contributed by atoms with Crippen LogP contribution >= 0.6 is 0 Å². The van der Waals surface area contributed by atoms with E-state index in [1.54, 1.807) is 0 Å². The van der Waals surface area contributed by atoms with Crippen molar-refractivity contribution in [1.82, 2.24) is 0 Å². The fraction of sp³-hybridized carbons (Fsp3) is 0.933. The molecule has 1 atom stereocenters. The summed E-state index contributed by atoms with van der Waals surface area (Å²) >= 11 is 0. The van der Waals surface area contributed by atoms with Crippen molar-refractivity contribution >= 4 is 16.1 Å². The number of unbranched alkanes of at least 4 members (excludes halogenated alkanes) is 8. The van der Waals surface area contributed by atoms with Gasteiger partial charge in [0.2, 0.25) is 0 Å². The van der Waals surface area contributed by atoms with Crippen LogP contribution in [0.1, 0.15) is 79.5 Å². The van der Waals surface area contributed by atoms with E-state index in [1.807, 2.05) is 0 Å². The monoisotopic (exact) mass is 346 g/mol. The van der Waals surface area contributed by atoms with Gasteiger partial charge in [-0.1, -0.05) is 58.3 Å². The number of carbonyl (C=O) groups is 1. The number of carbonyl (C=O) groups excluding carboxylic acids is 1. The third kappa shape index (κ3) is 16.7. The summed E-state index contributed by atoms with van der Waals surface area (Å²) in [6.07, 6.45) is 9.23. The van der Waals surface area contributed by atoms with E-state index in [0.717, 1.165) is 12.8 Å². The van der Waals surface area contributed by atoms with Crippen LogP contribution in [0.5, 0.6) is 0 Å². The van der Waals surface area contributed by atoms with E-state index in [1.165, 1.54) is 45.4 Å². The van der Waals surface area contributed by atoms with Gasteiger partial charge in [-0.05, 0) is 13.3 Å². The van der Waals surface area contributed by atoms with Crippen molar-refractivity contribution in [2.45, 2.75) is 84.2 Å². The van der Waals surface area contributed by atoms with Gasteiger partial charge < -0.3 is 10.7 Å². The molecule has 1 unspecified atom stereocenters. The molecule has 0 spiro atoms. The van der Waals surface area contributed by atoms with Crippen LogP contribution in [0.3, 0.4) is 0 Å². The number of hydrogen-bond donors (Lipinski definition) is 1. The molecule has 0 radical (unpaired) electrons. The Balaban J connectivity index is -0.00000200. The van der Waals surface area contributed by atoms with E-state index in [9.17, 15) is 13.2 Å². The molecule has 0 fully saturated rings. The predicted octanol–water partition coefficient (Wildman–Crippen LogP) is 0.278.